The molecule has 0 saturated carbocycles. The number of nitrogens with one attached hydrogen (secondary N) is 2. The minimum atomic E-state index is 0.00102. The van der Waals surface area contributed by atoms with Crippen molar-refractivity contribution in [2.45, 2.75) is 12.5 Å². The first-order chi connectivity index (χ1) is 6.18. The fourth-order valence-corrected chi connectivity index (χ4v) is 1.11. The van der Waals surface area contributed by atoms with Gasteiger partial charge >= 0.3 is 0 Å². The van der Waals surface area contributed by atoms with Gasteiger partial charge in [0.15, 0.2) is 0 Å². The standard InChI is InChI=1S/C8H17N3O2/c1-11(2)3-4-13-7-5-8(12)10-9-6-7/h7,9H,3-6H2,1-2H3,(H,10,12). The van der Waals surface area contributed by atoms with E-state index in [1.54, 1.807) is 0 Å². The van der Waals surface area contributed by atoms with E-state index in [0.717, 1.165) is 6.54 Å². The van der Waals surface area contributed by atoms with Crippen LogP contribution in [0.15, 0.2) is 0 Å². The number of carbonyl (C=O) groups excluding carboxylic acids is 1. The van der Waals surface area contributed by atoms with Crippen molar-refractivity contribution >= 4 is 5.91 Å². The summed E-state index contributed by atoms with van der Waals surface area (Å²) in [5.41, 5.74) is 5.32. The summed E-state index contributed by atoms with van der Waals surface area (Å²) in [5.74, 6) is 0.00102. The van der Waals surface area contributed by atoms with E-state index in [4.69, 9.17) is 4.74 Å². The minimum Gasteiger partial charge on any atom is -0.375 e. The first-order valence-electron chi connectivity index (χ1n) is 4.46. The molecule has 0 bridgehead atoms. The second-order valence-corrected chi connectivity index (χ2v) is 3.43. The smallest absolute Gasteiger partial charge is 0.236 e. The summed E-state index contributed by atoms with van der Waals surface area (Å²) < 4.78 is 5.50. The van der Waals surface area contributed by atoms with Crippen molar-refractivity contribution in [3.8, 4) is 0 Å². The molecule has 1 atom stereocenters. The Bertz CT molecular complexity index is 173. The summed E-state index contributed by atoms with van der Waals surface area (Å²) in [7, 11) is 3.99. The Morgan fingerprint density at radius 3 is 3.00 bits per heavy atom. The molecule has 1 rings (SSSR count). The number of carbonyl (C=O) groups is 1. The van der Waals surface area contributed by atoms with Crippen LogP contribution in [-0.2, 0) is 9.53 Å². The molecule has 1 amide bonds. The molecule has 0 radical (unpaired) electrons. The predicted octanol–water partition coefficient (Wildman–Crippen LogP) is -1.04. The molecule has 1 unspecified atom stereocenters. The molecule has 0 aromatic heterocycles. The molecule has 1 heterocycles. The number of hydrazine groups is 1. The Balaban J connectivity index is 2.10. The Kier molecular flexibility index (Phi) is 4.14. The molecule has 5 nitrogen and oxygen atoms in total. The predicted molar refractivity (Wildman–Crippen MR) is 49.1 cm³/mol. The van der Waals surface area contributed by atoms with Crippen LogP contribution < -0.4 is 10.9 Å². The number of amides is 1. The molecule has 0 spiro atoms. The van der Waals surface area contributed by atoms with Gasteiger partial charge in [-0.1, -0.05) is 0 Å². The van der Waals surface area contributed by atoms with Gasteiger partial charge in [-0.25, -0.2) is 5.43 Å². The molecule has 0 aromatic rings. The quantitative estimate of drug-likeness (QED) is 0.590. The number of likely N-dealkylation sites (N-methyl/N-ethyl adjacent to an activating group) is 1. The number of nitrogens with zero attached hydrogens (tertiary/aromatic N) is 1. The second-order valence-electron chi connectivity index (χ2n) is 3.43. The van der Waals surface area contributed by atoms with Gasteiger partial charge in [-0.15, -0.1) is 0 Å². The van der Waals surface area contributed by atoms with Gasteiger partial charge in [-0.2, -0.15) is 0 Å². The number of ether oxygens (including phenoxy) is 1. The van der Waals surface area contributed by atoms with Gasteiger partial charge < -0.3 is 9.64 Å². The monoisotopic (exact) mass is 187 g/mol. The van der Waals surface area contributed by atoms with E-state index in [1.165, 1.54) is 0 Å². The lowest BCUT2D eigenvalue weighted by Gasteiger charge is -2.23. The van der Waals surface area contributed by atoms with E-state index in [9.17, 15) is 4.79 Å². The molecular formula is C8H17N3O2. The Morgan fingerprint density at radius 2 is 2.38 bits per heavy atom. The molecule has 1 saturated heterocycles. The lowest BCUT2D eigenvalue weighted by atomic mass is 10.2. The lowest BCUT2D eigenvalue weighted by Crippen LogP contribution is -2.50. The van der Waals surface area contributed by atoms with Crippen molar-refractivity contribution in [2.75, 3.05) is 33.8 Å². The second kappa shape index (κ2) is 5.16. The zero-order valence-electron chi connectivity index (χ0n) is 8.17. The van der Waals surface area contributed by atoms with E-state index in [0.29, 0.717) is 19.6 Å². The Labute approximate surface area is 78.4 Å². The van der Waals surface area contributed by atoms with Crippen molar-refractivity contribution < 1.29 is 9.53 Å². The number of hydrogen-bond donors (Lipinski definition) is 2. The minimum absolute atomic E-state index is 0.00102. The highest BCUT2D eigenvalue weighted by Gasteiger charge is 2.18. The lowest BCUT2D eigenvalue weighted by molar-refractivity contribution is -0.128. The topological polar surface area (TPSA) is 53.6 Å². The largest absolute Gasteiger partial charge is 0.375 e. The summed E-state index contributed by atoms with van der Waals surface area (Å²) in [4.78, 5) is 13.0. The van der Waals surface area contributed by atoms with Crippen LogP contribution in [0.25, 0.3) is 0 Å². The molecule has 0 aromatic carbocycles. The molecule has 5 heteroatoms. The first kappa shape index (κ1) is 10.4. The van der Waals surface area contributed by atoms with Gasteiger partial charge in [0.05, 0.1) is 19.1 Å². The maximum atomic E-state index is 10.9. The van der Waals surface area contributed by atoms with Gasteiger partial charge in [0.25, 0.3) is 0 Å². The highest BCUT2D eigenvalue weighted by molar-refractivity contribution is 5.76. The van der Waals surface area contributed by atoms with Crippen LogP contribution in [0.3, 0.4) is 0 Å². The van der Waals surface area contributed by atoms with Crippen molar-refractivity contribution in [1.82, 2.24) is 15.8 Å². The van der Waals surface area contributed by atoms with Gasteiger partial charge in [-0.05, 0) is 14.1 Å². The molecular weight excluding hydrogens is 170 g/mol. The Morgan fingerprint density at radius 1 is 1.62 bits per heavy atom. The number of rotatable bonds is 4. The zero-order valence-corrected chi connectivity index (χ0v) is 8.17. The van der Waals surface area contributed by atoms with Crippen LogP contribution in [0.1, 0.15) is 6.42 Å². The maximum Gasteiger partial charge on any atom is 0.236 e. The summed E-state index contributed by atoms with van der Waals surface area (Å²) >= 11 is 0. The van der Waals surface area contributed by atoms with Crippen molar-refractivity contribution in [3.63, 3.8) is 0 Å². The van der Waals surface area contributed by atoms with Gasteiger partial charge in [-0.3, -0.25) is 10.2 Å². The van der Waals surface area contributed by atoms with E-state index in [1.807, 2.05) is 14.1 Å². The van der Waals surface area contributed by atoms with Gasteiger partial charge in [0.2, 0.25) is 5.91 Å². The third kappa shape index (κ3) is 4.21. The highest BCUT2D eigenvalue weighted by Crippen LogP contribution is 2.00. The van der Waals surface area contributed by atoms with Crippen LogP contribution in [0.5, 0.6) is 0 Å². The summed E-state index contributed by atoms with van der Waals surface area (Å²) in [6, 6.07) is 0. The Hall–Kier alpha value is -0.650. The van der Waals surface area contributed by atoms with Crippen LogP contribution >= 0.6 is 0 Å². The van der Waals surface area contributed by atoms with Crippen LogP contribution in [0.2, 0.25) is 0 Å². The summed E-state index contributed by atoms with van der Waals surface area (Å²) in [5, 5.41) is 0. The van der Waals surface area contributed by atoms with E-state index in [2.05, 4.69) is 15.8 Å². The van der Waals surface area contributed by atoms with Crippen LogP contribution in [0.4, 0.5) is 0 Å². The van der Waals surface area contributed by atoms with Gasteiger partial charge in [0, 0.05) is 13.1 Å². The molecule has 0 aliphatic carbocycles. The average Bonchev–Trinajstić information content (AvgIpc) is 2.03. The van der Waals surface area contributed by atoms with E-state index >= 15 is 0 Å². The van der Waals surface area contributed by atoms with E-state index < -0.39 is 0 Å². The molecule has 1 aliphatic rings. The fraction of sp³-hybridized carbons (Fsp3) is 0.875. The summed E-state index contributed by atoms with van der Waals surface area (Å²) in [6.07, 6.45) is 0.481. The normalized spacial score (nSPS) is 23.3. The maximum absolute atomic E-state index is 10.9. The fourth-order valence-electron chi connectivity index (χ4n) is 1.11. The highest BCUT2D eigenvalue weighted by atomic mass is 16.5. The third-order valence-corrected chi connectivity index (χ3v) is 1.86. The van der Waals surface area contributed by atoms with Crippen molar-refractivity contribution in [1.29, 1.82) is 0 Å². The van der Waals surface area contributed by atoms with Crippen LogP contribution in [-0.4, -0.2) is 50.7 Å². The number of hydrogen-bond acceptors (Lipinski definition) is 4. The molecule has 2 N–H and O–H groups in total. The van der Waals surface area contributed by atoms with Gasteiger partial charge in [0.1, 0.15) is 0 Å². The first-order valence-corrected chi connectivity index (χ1v) is 4.46. The SMILES string of the molecule is CN(C)CCOC1CNNC(=O)C1. The molecule has 1 aliphatic heterocycles. The molecule has 76 valence electrons. The van der Waals surface area contributed by atoms with Crippen molar-refractivity contribution in [3.05, 3.63) is 0 Å². The van der Waals surface area contributed by atoms with E-state index in [-0.39, 0.29) is 12.0 Å². The average molecular weight is 187 g/mol. The molecule has 1 fully saturated rings. The third-order valence-electron chi connectivity index (χ3n) is 1.86. The van der Waals surface area contributed by atoms with Crippen LogP contribution in [0, 0.1) is 0 Å². The molecule has 13 heavy (non-hydrogen) atoms. The summed E-state index contributed by atoms with van der Waals surface area (Å²) in [6.45, 7) is 2.25. The van der Waals surface area contributed by atoms with Crippen molar-refractivity contribution in [2.24, 2.45) is 0 Å². The zero-order chi connectivity index (χ0) is 9.68.